The van der Waals surface area contributed by atoms with Gasteiger partial charge < -0.3 is 24.4 Å². The van der Waals surface area contributed by atoms with E-state index in [9.17, 15) is 4.39 Å². The van der Waals surface area contributed by atoms with Gasteiger partial charge in [-0.1, -0.05) is 0 Å². The fourth-order valence-electron chi connectivity index (χ4n) is 3.38. The number of benzene rings is 1. The summed E-state index contributed by atoms with van der Waals surface area (Å²) in [5.41, 5.74) is 0.898. The summed E-state index contributed by atoms with van der Waals surface area (Å²) in [6.07, 6.45) is -1.58. The van der Waals surface area contributed by atoms with E-state index < -0.39 is 6.16 Å². The molecule has 1 aromatic rings. The minimum absolute atomic E-state index is 0.150. The summed E-state index contributed by atoms with van der Waals surface area (Å²) in [6.45, 7) is 4.17. The predicted octanol–water partition coefficient (Wildman–Crippen LogP) is 1.67. The monoisotopic (exact) mass is 340 g/mol. The van der Waals surface area contributed by atoms with Crippen LogP contribution < -0.4 is 9.64 Å². The topological polar surface area (TPSA) is 79.3 Å². The number of methoxy groups -OCH3 is 1. The lowest BCUT2D eigenvalue weighted by atomic mass is 10.0. The molecule has 8 heteroatoms. The van der Waals surface area contributed by atoms with Gasteiger partial charge in [-0.05, 0) is 31.0 Å². The second kappa shape index (κ2) is 7.96. The Balaban J connectivity index is 0.000000301. The lowest BCUT2D eigenvalue weighted by Crippen LogP contribution is -2.27. The van der Waals surface area contributed by atoms with Gasteiger partial charge in [-0.2, -0.15) is 0 Å². The molecule has 2 unspecified atom stereocenters. The number of likely N-dealkylation sites (tertiary alicyclic amines) is 1. The van der Waals surface area contributed by atoms with Gasteiger partial charge in [0.25, 0.3) is 0 Å². The Morgan fingerprint density at radius 1 is 1.29 bits per heavy atom. The number of halogens is 1. The van der Waals surface area contributed by atoms with Crippen LogP contribution in [0.3, 0.4) is 0 Å². The van der Waals surface area contributed by atoms with E-state index in [4.69, 9.17) is 19.4 Å². The third kappa shape index (κ3) is 4.35. The average molecular weight is 340 g/mol. The summed E-state index contributed by atoms with van der Waals surface area (Å²) in [5.74, 6) is 2.00. The van der Waals surface area contributed by atoms with Crippen LogP contribution >= 0.6 is 0 Å². The van der Waals surface area contributed by atoms with Crippen molar-refractivity contribution < 1.29 is 28.6 Å². The minimum Gasteiger partial charge on any atom is -0.495 e. The molecule has 7 nitrogen and oxygen atoms in total. The maximum Gasteiger partial charge on any atom is 0.513 e. The maximum atomic E-state index is 13.4. The number of rotatable bonds is 3. The van der Waals surface area contributed by atoms with Crippen LogP contribution in [0.15, 0.2) is 18.2 Å². The van der Waals surface area contributed by atoms with Gasteiger partial charge in [-0.15, -0.1) is 0 Å². The van der Waals surface area contributed by atoms with Crippen molar-refractivity contribution in [2.45, 2.75) is 0 Å². The first-order valence-electron chi connectivity index (χ1n) is 7.54. The Morgan fingerprint density at radius 3 is 2.38 bits per heavy atom. The van der Waals surface area contributed by atoms with E-state index >= 15 is 0 Å². The second-order valence-corrected chi connectivity index (χ2v) is 5.94. The zero-order valence-corrected chi connectivity index (χ0v) is 13.6. The normalized spacial score (nSPS) is 22.4. The number of anilines is 1. The van der Waals surface area contributed by atoms with Crippen molar-refractivity contribution in [2.75, 3.05) is 45.2 Å². The fraction of sp³-hybridized carbons (Fsp3) is 0.500. The summed E-state index contributed by atoms with van der Waals surface area (Å²) in [6, 6.07) is 4.75. The van der Waals surface area contributed by atoms with E-state index in [1.165, 1.54) is 6.07 Å². The van der Waals surface area contributed by atoms with E-state index in [0.717, 1.165) is 37.6 Å². The molecule has 0 aliphatic carbocycles. The molecule has 0 radical (unpaired) electrons. The van der Waals surface area contributed by atoms with Crippen molar-refractivity contribution in [3.05, 3.63) is 24.0 Å². The minimum atomic E-state index is -1.58. The first-order chi connectivity index (χ1) is 11.4. The molecule has 2 aliphatic heterocycles. The van der Waals surface area contributed by atoms with Gasteiger partial charge >= 0.3 is 12.6 Å². The SMILES string of the molecule is COc1ccc(F)cc1N1CC2CN(C)CC2C1.O=COC(=O)O. The maximum absolute atomic E-state index is 13.4. The van der Waals surface area contributed by atoms with Crippen LogP contribution in [0.4, 0.5) is 14.9 Å². The average Bonchev–Trinajstić information content (AvgIpc) is 3.05. The highest BCUT2D eigenvalue weighted by molar-refractivity contribution is 5.67. The summed E-state index contributed by atoms with van der Waals surface area (Å²) in [4.78, 5) is 22.8. The van der Waals surface area contributed by atoms with Crippen molar-refractivity contribution in [1.29, 1.82) is 0 Å². The third-order valence-corrected chi connectivity index (χ3v) is 4.30. The molecule has 2 atom stereocenters. The number of carboxylic acid groups (broad SMARTS) is 1. The third-order valence-electron chi connectivity index (χ3n) is 4.30. The smallest absolute Gasteiger partial charge is 0.495 e. The molecule has 2 saturated heterocycles. The molecule has 1 aromatic carbocycles. The van der Waals surface area contributed by atoms with Gasteiger partial charge in [0.1, 0.15) is 11.6 Å². The van der Waals surface area contributed by atoms with Gasteiger partial charge in [-0.25, -0.2) is 9.18 Å². The molecule has 2 fully saturated rings. The molecule has 2 aliphatic rings. The molecule has 2 heterocycles. The van der Waals surface area contributed by atoms with Crippen molar-refractivity contribution >= 4 is 18.3 Å². The second-order valence-electron chi connectivity index (χ2n) is 5.94. The van der Waals surface area contributed by atoms with Crippen LogP contribution in [0.25, 0.3) is 0 Å². The van der Waals surface area contributed by atoms with Crippen LogP contribution in [0.2, 0.25) is 0 Å². The molecule has 0 bridgehead atoms. The molecule has 0 amide bonds. The van der Waals surface area contributed by atoms with Gasteiger partial charge in [0.15, 0.2) is 0 Å². The van der Waals surface area contributed by atoms with Crippen LogP contribution in [0.5, 0.6) is 5.75 Å². The van der Waals surface area contributed by atoms with Crippen molar-refractivity contribution in [2.24, 2.45) is 11.8 Å². The molecule has 132 valence electrons. The van der Waals surface area contributed by atoms with Gasteiger partial charge in [0.2, 0.25) is 0 Å². The van der Waals surface area contributed by atoms with E-state index in [-0.39, 0.29) is 12.3 Å². The summed E-state index contributed by atoms with van der Waals surface area (Å²) >= 11 is 0. The quantitative estimate of drug-likeness (QED) is 0.509. The van der Waals surface area contributed by atoms with Crippen molar-refractivity contribution in [3.63, 3.8) is 0 Å². The van der Waals surface area contributed by atoms with E-state index in [1.54, 1.807) is 19.2 Å². The Kier molecular flexibility index (Phi) is 5.97. The Bertz CT molecular complexity index is 584. The number of ether oxygens (including phenoxy) is 2. The summed E-state index contributed by atoms with van der Waals surface area (Å²) in [5, 5.41) is 7.46. The van der Waals surface area contributed by atoms with E-state index in [2.05, 4.69) is 21.6 Å². The summed E-state index contributed by atoms with van der Waals surface area (Å²) < 4.78 is 22.0. The van der Waals surface area contributed by atoms with Crippen LogP contribution in [-0.4, -0.2) is 63.0 Å². The highest BCUT2D eigenvalue weighted by Gasteiger charge is 2.39. The largest absolute Gasteiger partial charge is 0.513 e. The number of nitrogens with zero attached hydrogens (tertiary/aromatic N) is 2. The number of fused-ring (bicyclic) bond motifs is 1. The zero-order valence-electron chi connectivity index (χ0n) is 13.6. The zero-order chi connectivity index (χ0) is 17.7. The van der Waals surface area contributed by atoms with Gasteiger partial charge in [-0.3, -0.25) is 4.79 Å². The predicted molar refractivity (Wildman–Crippen MR) is 84.8 cm³/mol. The molecule has 0 aromatic heterocycles. The molecule has 0 spiro atoms. The standard InChI is InChI=1S/C14H19FN2O.C2H2O4/c1-16-6-10-8-17(9-11(10)7-16)13-5-12(15)3-4-14(13)18-2;3-1-6-2(4)5/h3-5,10-11H,6-9H2,1-2H3;1H,(H,4,5). The molecule has 0 saturated carbocycles. The lowest BCUT2D eigenvalue weighted by molar-refractivity contribution is -0.124. The fourth-order valence-corrected chi connectivity index (χ4v) is 3.38. The van der Waals surface area contributed by atoms with Crippen LogP contribution in [0.1, 0.15) is 0 Å². The van der Waals surface area contributed by atoms with Crippen LogP contribution in [0, 0.1) is 17.7 Å². The molecule has 24 heavy (non-hydrogen) atoms. The first kappa shape index (κ1) is 18.0. The first-order valence-corrected chi connectivity index (χ1v) is 7.54. The molecule has 1 N–H and O–H groups in total. The number of hydrogen-bond acceptors (Lipinski definition) is 6. The van der Waals surface area contributed by atoms with Crippen molar-refractivity contribution in [3.8, 4) is 5.75 Å². The van der Waals surface area contributed by atoms with Crippen LogP contribution in [-0.2, 0) is 9.53 Å². The van der Waals surface area contributed by atoms with E-state index in [1.807, 2.05) is 0 Å². The molecular formula is C16H21FN2O5. The Labute approximate surface area is 139 Å². The number of carbonyl (C=O) groups excluding carboxylic acids is 1. The Morgan fingerprint density at radius 2 is 1.92 bits per heavy atom. The number of hydrogen-bond donors (Lipinski definition) is 1. The van der Waals surface area contributed by atoms with Crippen molar-refractivity contribution in [1.82, 2.24) is 4.90 Å². The Hall–Kier alpha value is -2.35. The lowest BCUT2D eigenvalue weighted by Gasteiger charge is -2.23. The molecule has 3 rings (SSSR count). The summed E-state index contributed by atoms with van der Waals surface area (Å²) in [7, 11) is 3.81. The highest BCUT2D eigenvalue weighted by atomic mass is 19.1. The number of carbonyl (C=O) groups is 2. The van der Waals surface area contributed by atoms with E-state index in [0.29, 0.717) is 11.8 Å². The highest BCUT2D eigenvalue weighted by Crippen LogP contribution is 2.37. The van der Waals surface area contributed by atoms with Gasteiger partial charge in [0.05, 0.1) is 12.8 Å². The molecular weight excluding hydrogens is 319 g/mol. The van der Waals surface area contributed by atoms with Gasteiger partial charge in [0, 0.05) is 32.2 Å².